The Bertz CT molecular complexity index is 934. The van der Waals surface area contributed by atoms with Crippen molar-refractivity contribution in [3.8, 4) is 0 Å². The van der Waals surface area contributed by atoms with Crippen LogP contribution >= 0.6 is 11.6 Å². The molecule has 2 aromatic carbocycles. The highest BCUT2D eigenvalue weighted by molar-refractivity contribution is 6.31. The monoisotopic (exact) mass is 412 g/mol. The van der Waals surface area contributed by atoms with Gasteiger partial charge in [-0.25, -0.2) is 4.39 Å². The first-order valence-corrected chi connectivity index (χ1v) is 10.2. The van der Waals surface area contributed by atoms with Crippen molar-refractivity contribution in [3.05, 3.63) is 70.5 Å². The number of rotatable bonds is 6. The lowest BCUT2D eigenvalue weighted by molar-refractivity contribution is -0.127. The molecule has 0 N–H and O–H groups in total. The molecular formula is C23H22ClFN2O2. The number of hydrogen-bond donors (Lipinski definition) is 0. The van der Waals surface area contributed by atoms with Crippen molar-refractivity contribution in [1.29, 1.82) is 0 Å². The van der Waals surface area contributed by atoms with Crippen LogP contribution in [0.25, 0.3) is 6.08 Å². The lowest BCUT2D eigenvalue weighted by atomic mass is 10.1. The summed E-state index contributed by atoms with van der Waals surface area (Å²) in [6.07, 6.45) is 6.59. The number of halogens is 2. The van der Waals surface area contributed by atoms with E-state index < -0.39 is 5.82 Å². The van der Waals surface area contributed by atoms with Gasteiger partial charge in [-0.05, 0) is 55.2 Å². The van der Waals surface area contributed by atoms with E-state index in [-0.39, 0.29) is 24.4 Å². The number of benzene rings is 2. The predicted octanol–water partition coefficient (Wildman–Crippen LogP) is 4.81. The minimum absolute atomic E-state index is 0.131. The van der Waals surface area contributed by atoms with Crippen molar-refractivity contribution in [2.24, 2.45) is 0 Å². The van der Waals surface area contributed by atoms with Gasteiger partial charge in [0.15, 0.2) is 0 Å². The Labute approximate surface area is 174 Å². The van der Waals surface area contributed by atoms with Crippen molar-refractivity contribution in [1.82, 2.24) is 4.90 Å². The molecule has 1 saturated heterocycles. The quantitative estimate of drug-likeness (QED) is 0.639. The molecule has 150 valence electrons. The van der Waals surface area contributed by atoms with Crippen LogP contribution in [0.2, 0.25) is 5.02 Å². The molecule has 0 unspecified atom stereocenters. The van der Waals surface area contributed by atoms with Crippen LogP contribution in [0.3, 0.4) is 0 Å². The summed E-state index contributed by atoms with van der Waals surface area (Å²) < 4.78 is 14.1. The van der Waals surface area contributed by atoms with Crippen molar-refractivity contribution >= 4 is 35.2 Å². The summed E-state index contributed by atoms with van der Waals surface area (Å²) in [6, 6.07) is 12.3. The highest BCUT2D eigenvalue weighted by Gasteiger charge is 2.32. The number of carbonyl (C=O) groups is 2. The van der Waals surface area contributed by atoms with Crippen LogP contribution in [0.15, 0.2) is 48.5 Å². The van der Waals surface area contributed by atoms with E-state index in [0.29, 0.717) is 17.0 Å². The third kappa shape index (κ3) is 4.51. The van der Waals surface area contributed by atoms with Crippen LogP contribution in [0.1, 0.15) is 36.8 Å². The molecule has 2 fully saturated rings. The molecule has 1 saturated carbocycles. The van der Waals surface area contributed by atoms with E-state index in [1.165, 1.54) is 12.1 Å². The van der Waals surface area contributed by atoms with Crippen molar-refractivity contribution < 1.29 is 14.0 Å². The van der Waals surface area contributed by atoms with Crippen LogP contribution < -0.4 is 4.90 Å². The van der Waals surface area contributed by atoms with Gasteiger partial charge < -0.3 is 9.80 Å². The second-order valence-corrected chi connectivity index (χ2v) is 7.88. The van der Waals surface area contributed by atoms with Gasteiger partial charge in [0.05, 0.1) is 6.54 Å². The van der Waals surface area contributed by atoms with Gasteiger partial charge in [-0.1, -0.05) is 29.8 Å². The minimum atomic E-state index is -0.396. The molecule has 0 bridgehead atoms. The normalized spacial score (nSPS) is 16.6. The number of amides is 2. The number of anilines is 1. The van der Waals surface area contributed by atoms with Gasteiger partial charge in [0, 0.05) is 41.4 Å². The summed E-state index contributed by atoms with van der Waals surface area (Å²) in [7, 11) is 0. The summed E-state index contributed by atoms with van der Waals surface area (Å²) in [5.41, 5.74) is 2.10. The van der Waals surface area contributed by atoms with Gasteiger partial charge in [-0.2, -0.15) is 0 Å². The lowest BCUT2D eigenvalue weighted by Gasteiger charge is -2.22. The molecule has 4 rings (SSSR count). The fraction of sp³-hybridized carbons (Fsp3) is 0.304. The Kier molecular flexibility index (Phi) is 5.67. The van der Waals surface area contributed by atoms with E-state index >= 15 is 0 Å². The van der Waals surface area contributed by atoms with Gasteiger partial charge in [0.1, 0.15) is 5.82 Å². The van der Waals surface area contributed by atoms with E-state index in [9.17, 15) is 14.0 Å². The Hall–Kier alpha value is -2.66. The Balaban J connectivity index is 1.45. The van der Waals surface area contributed by atoms with E-state index in [4.69, 9.17) is 11.6 Å². The molecular weight excluding hydrogens is 391 g/mol. The van der Waals surface area contributed by atoms with Gasteiger partial charge in [-0.15, -0.1) is 0 Å². The molecule has 1 heterocycles. The molecule has 1 aliphatic heterocycles. The lowest BCUT2D eigenvalue weighted by Crippen LogP contribution is -2.31. The van der Waals surface area contributed by atoms with Crippen LogP contribution in [0.5, 0.6) is 0 Å². The zero-order valence-corrected chi connectivity index (χ0v) is 16.7. The molecule has 0 atom stereocenters. The highest BCUT2D eigenvalue weighted by Crippen LogP contribution is 2.31. The number of hydrogen-bond acceptors (Lipinski definition) is 2. The molecule has 1 aliphatic carbocycles. The first-order valence-electron chi connectivity index (χ1n) is 9.85. The predicted molar refractivity (Wildman–Crippen MR) is 112 cm³/mol. The fourth-order valence-corrected chi connectivity index (χ4v) is 3.80. The van der Waals surface area contributed by atoms with Crippen molar-refractivity contribution in [2.45, 2.75) is 38.3 Å². The molecule has 2 aliphatic rings. The Morgan fingerprint density at radius 2 is 1.97 bits per heavy atom. The zero-order chi connectivity index (χ0) is 20.4. The van der Waals surface area contributed by atoms with Gasteiger partial charge in [0.2, 0.25) is 11.8 Å². The average Bonchev–Trinajstić information content (AvgIpc) is 3.46. The van der Waals surface area contributed by atoms with Crippen LogP contribution in [0, 0.1) is 5.82 Å². The largest absolute Gasteiger partial charge is 0.332 e. The molecule has 2 amide bonds. The fourth-order valence-electron chi connectivity index (χ4n) is 3.58. The summed E-state index contributed by atoms with van der Waals surface area (Å²) in [6.45, 7) is 0.914. The molecule has 4 nitrogen and oxygen atoms in total. The van der Waals surface area contributed by atoms with Crippen LogP contribution in [-0.4, -0.2) is 29.3 Å². The molecule has 2 aromatic rings. The second kappa shape index (κ2) is 8.37. The van der Waals surface area contributed by atoms with E-state index in [1.54, 1.807) is 28.0 Å². The smallest absolute Gasteiger partial charge is 0.247 e. The first kappa shape index (κ1) is 19.6. The minimum Gasteiger partial charge on any atom is -0.332 e. The maximum Gasteiger partial charge on any atom is 0.247 e. The summed E-state index contributed by atoms with van der Waals surface area (Å²) >= 11 is 6.13. The summed E-state index contributed by atoms with van der Waals surface area (Å²) in [5, 5.41) is 0.333. The summed E-state index contributed by atoms with van der Waals surface area (Å²) in [5.74, 6) is -0.409. The third-order valence-electron chi connectivity index (χ3n) is 5.36. The number of carbonyl (C=O) groups excluding carboxylic acids is 2. The van der Waals surface area contributed by atoms with Gasteiger partial charge in [0.25, 0.3) is 0 Å². The topological polar surface area (TPSA) is 40.6 Å². The maximum atomic E-state index is 14.1. The molecule has 0 radical (unpaired) electrons. The zero-order valence-electron chi connectivity index (χ0n) is 16.0. The van der Waals surface area contributed by atoms with E-state index in [0.717, 1.165) is 37.1 Å². The Morgan fingerprint density at radius 3 is 2.59 bits per heavy atom. The SMILES string of the molecule is O=C1CCCN1c1ccc(/C=C/C(=O)N(Cc2c(F)cccc2Cl)C2CC2)cc1. The highest BCUT2D eigenvalue weighted by atomic mass is 35.5. The van der Waals surface area contributed by atoms with Crippen molar-refractivity contribution in [3.63, 3.8) is 0 Å². The van der Waals surface area contributed by atoms with Crippen molar-refractivity contribution in [2.75, 3.05) is 11.4 Å². The number of nitrogens with zero attached hydrogens (tertiary/aromatic N) is 2. The molecule has 29 heavy (non-hydrogen) atoms. The van der Waals surface area contributed by atoms with E-state index in [2.05, 4.69) is 0 Å². The third-order valence-corrected chi connectivity index (χ3v) is 5.71. The first-order chi connectivity index (χ1) is 14.0. The summed E-state index contributed by atoms with van der Waals surface area (Å²) in [4.78, 5) is 28.1. The Morgan fingerprint density at radius 1 is 1.21 bits per heavy atom. The van der Waals surface area contributed by atoms with Crippen LogP contribution in [-0.2, 0) is 16.1 Å². The average molecular weight is 413 g/mol. The standard InChI is InChI=1S/C23H22ClFN2O2/c24-20-3-1-4-21(25)19(20)15-27(18-11-12-18)23(29)13-8-16-6-9-17(10-7-16)26-14-2-5-22(26)28/h1,3-4,6-10,13,18H,2,5,11-12,14-15H2/b13-8+. The maximum absolute atomic E-state index is 14.1. The van der Waals surface area contributed by atoms with Gasteiger partial charge >= 0.3 is 0 Å². The van der Waals surface area contributed by atoms with Crippen LogP contribution in [0.4, 0.5) is 10.1 Å². The van der Waals surface area contributed by atoms with E-state index in [1.807, 2.05) is 24.3 Å². The van der Waals surface area contributed by atoms with Gasteiger partial charge in [-0.3, -0.25) is 9.59 Å². The second-order valence-electron chi connectivity index (χ2n) is 7.47. The molecule has 6 heteroatoms. The molecule has 0 spiro atoms. The molecule has 0 aromatic heterocycles.